The fraction of sp³-hybridized carbons (Fsp3) is 0.500. The predicted molar refractivity (Wildman–Crippen MR) is 82.4 cm³/mol. The van der Waals surface area contributed by atoms with Crippen LogP contribution in [0.1, 0.15) is 24.9 Å². The number of ether oxygens (including phenoxy) is 1. The van der Waals surface area contributed by atoms with Gasteiger partial charge in [-0.05, 0) is 6.92 Å². The summed E-state index contributed by atoms with van der Waals surface area (Å²) in [6.45, 7) is 2.94. The van der Waals surface area contributed by atoms with Gasteiger partial charge in [0.25, 0.3) is 0 Å². The van der Waals surface area contributed by atoms with E-state index in [9.17, 15) is 4.79 Å². The molecule has 0 unspecified atom stereocenters. The van der Waals surface area contributed by atoms with E-state index in [0.29, 0.717) is 26.0 Å². The van der Waals surface area contributed by atoms with Gasteiger partial charge in [-0.3, -0.25) is 4.79 Å². The normalized spacial score (nSPS) is 10.6. The smallest absolute Gasteiger partial charge is 0.306 e. The molecule has 6 nitrogen and oxygen atoms in total. The van der Waals surface area contributed by atoms with Gasteiger partial charge in [0.2, 0.25) is 0 Å². The Labute approximate surface area is 128 Å². The Morgan fingerprint density at radius 2 is 2.33 bits per heavy atom. The molecule has 0 amide bonds. The highest BCUT2D eigenvalue weighted by Crippen LogP contribution is 2.21. The topological polar surface area (TPSA) is 60.2 Å². The Kier molecular flexibility index (Phi) is 5.32. The molecule has 0 atom stereocenters. The average Bonchev–Trinajstić information content (AvgIpc) is 3.07. The number of hydrogen-bond donors (Lipinski definition) is 0. The van der Waals surface area contributed by atoms with Crippen LogP contribution in [0, 0.1) is 0 Å². The molecule has 0 aliphatic carbocycles. The maximum absolute atomic E-state index is 11.3. The van der Waals surface area contributed by atoms with Crippen molar-refractivity contribution in [2.45, 2.75) is 26.3 Å². The zero-order valence-corrected chi connectivity index (χ0v) is 13.4. The maximum atomic E-state index is 11.3. The summed E-state index contributed by atoms with van der Waals surface area (Å²) < 4.78 is 6.91. The van der Waals surface area contributed by atoms with E-state index in [1.807, 2.05) is 37.2 Å². The first-order chi connectivity index (χ1) is 10.1. The Bertz CT molecular complexity index is 593. The van der Waals surface area contributed by atoms with Crippen molar-refractivity contribution < 1.29 is 9.53 Å². The summed E-state index contributed by atoms with van der Waals surface area (Å²) in [4.78, 5) is 22.3. The summed E-state index contributed by atoms with van der Waals surface area (Å²) >= 11 is 1.58. The zero-order valence-electron chi connectivity index (χ0n) is 12.6. The molecular weight excluding hydrogens is 288 g/mol. The van der Waals surface area contributed by atoms with Gasteiger partial charge in [0.05, 0.1) is 25.3 Å². The van der Waals surface area contributed by atoms with Crippen molar-refractivity contribution in [1.82, 2.24) is 14.5 Å². The van der Waals surface area contributed by atoms with Crippen LogP contribution in [0.3, 0.4) is 0 Å². The summed E-state index contributed by atoms with van der Waals surface area (Å²) in [6, 6.07) is 0. The molecule has 0 N–H and O–H groups in total. The van der Waals surface area contributed by atoms with Crippen LogP contribution >= 0.6 is 11.3 Å². The van der Waals surface area contributed by atoms with Crippen LogP contribution in [0.25, 0.3) is 0 Å². The Morgan fingerprint density at radius 1 is 1.52 bits per heavy atom. The third-order valence-electron chi connectivity index (χ3n) is 3.06. The molecule has 2 heterocycles. The lowest BCUT2D eigenvalue weighted by molar-refractivity contribution is -0.143. The number of hydrogen-bond acceptors (Lipinski definition) is 6. The molecule has 0 bridgehead atoms. The third kappa shape index (κ3) is 4.29. The zero-order chi connectivity index (χ0) is 15.2. The number of carbonyl (C=O) groups excluding carboxylic acids is 1. The standard InChI is InChI=1S/C14H20N4O2S/c1-4-20-13(19)6-5-11-10-21-14(16-11)18(3)9-12-15-7-8-17(12)2/h7-8,10H,4-6,9H2,1-3H3. The van der Waals surface area contributed by atoms with Gasteiger partial charge in [-0.1, -0.05) is 0 Å². The van der Waals surface area contributed by atoms with Crippen LogP contribution in [-0.4, -0.2) is 34.2 Å². The van der Waals surface area contributed by atoms with E-state index in [1.54, 1.807) is 17.5 Å². The largest absolute Gasteiger partial charge is 0.466 e. The highest BCUT2D eigenvalue weighted by Gasteiger charge is 2.11. The molecule has 0 saturated heterocycles. The number of esters is 1. The minimum absolute atomic E-state index is 0.173. The quantitative estimate of drug-likeness (QED) is 0.732. The number of rotatable bonds is 7. The van der Waals surface area contributed by atoms with Crippen molar-refractivity contribution in [2.24, 2.45) is 7.05 Å². The molecule has 2 aromatic heterocycles. The summed E-state index contributed by atoms with van der Waals surface area (Å²) in [5, 5.41) is 2.92. The van der Waals surface area contributed by atoms with Gasteiger partial charge in [0, 0.05) is 38.3 Å². The first kappa shape index (κ1) is 15.5. The molecule has 0 fully saturated rings. The molecule has 21 heavy (non-hydrogen) atoms. The minimum atomic E-state index is -0.173. The van der Waals surface area contributed by atoms with Crippen LogP contribution in [0.15, 0.2) is 17.8 Å². The third-order valence-corrected chi connectivity index (χ3v) is 4.06. The minimum Gasteiger partial charge on any atom is -0.466 e. The van der Waals surface area contributed by atoms with Crippen molar-refractivity contribution in [1.29, 1.82) is 0 Å². The fourth-order valence-corrected chi connectivity index (χ4v) is 2.70. The van der Waals surface area contributed by atoms with Gasteiger partial charge in [0.1, 0.15) is 5.82 Å². The summed E-state index contributed by atoms with van der Waals surface area (Å²) in [6.07, 6.45) is 4.71. The predicted octanol–water partition coefficient (Wildman–Crippen LogP) is 2.01. The van der Waals surface area contributed by atoms with Crippen LogP contribution < -0.4 is 4.90 Å². The second kappa shape index (κ2) is 7.21. The van der Waals surface area contributed by atoms with E-state index in [-0.39, 0.29) is 5.97 Å². The maximum Gasteiger partial charge on any atom is 0.306 e. The summed E-state index contributed by atoms with van der Waals surface area (Å²) in [5.74, 6) is 0.814. The molecule has 0 aliphatic rings. The summed E-state index contributed by atoms with van der Waals surface area (Å²) in [7, 11) is 3.96. The summed E-state index contributed by atoms with van der Waals surface area (Å²) in [5.41, 5.74) is 0.926. The van der Waals surface area contributed by atoms with Crippen LogP contribution in [0.2, 0.25) is 0 Å². The number of thiazole rings is 1. The van der Waals surface area contributed by atoms with Gasteiger partial charge in [-0.15, -0.1) is 11.3 Å². The molecule has 2 aromatic rings. The first-order valence-electron chi connectivity index (χ1n) is 6.87. The lowest BCUT2D eigenvalue weighted by Crippen LogP contribution is -2.18. The Morgan fingerprint density at radius 3 is 3.00 bits per heavy atom. The number of aryl methyl sites for hydroxylation is 2. The van der Waals surface area contributed by atoms with E-state index in [2.05, 4.69) is 14.9 Å². The SMILES string of the molecule is CCOC(=O)CCc1csc(N(C)Cc2nccn2C)n1. The van der Waals surface area contributed by atoms with Gasteiger partial charge >= 0.3 is 5.97 Å². The van der Waals surface area contributed by atoms with Gasteiger partial charge in [0.15, 0.2) is 5.13 Å². The van der Waals surface area contributed by atoms with E-state index in [4.69, 9.17) is 4.74 Å². The number of imidazole rings is 1. The van der Waals surface area contributed by atoms with Gasteiger partial charge in [-0.2, -0.15) is 0 Å². The van der Waals surface area contributed by atoms with Crippen molar-refractivity contribution in [3.63, 3.8) is 0 Å². The molecule has 0 spiro atoms. The monoisotopic (exact) mass is 308 g/mol. The second-order valence-corrected chi connectivity index (χ2v) is 5.57. The Balaban J connectivity index is 1.90. The van der Waals surface area contributed by atoms with Crippen molar-refractivity contribution in [3.8, 4) is 0 Å². The van der Waals surface area contributed by atoms with E-state index in [1.165, 1.54) is 0 Å². The second-order valence-electron chi connectivity index (χ2n) is 4.74. The Hall–Kier alpha value is -1.89. The molecule has 2 rings (SSSR count). The van der Waals surface area contributed by atoms with E-state index >= 15 is 0 Å². The highest BCUT2D eigenvalue weighted by molar-refractivity contribution is 7.13. The van der Waals surface area contributed by atoms with Crippen molar-refractivity contribution >= 4 is 22.4 Å². The number of nitrogens with zero attached hydrogens (tertiary/aromatic N) is 4. The highest BCUT2D eigenvalue weighted by atomic mass is 32.1. The van der Waals surface area contributed by atoms with Crippen LogP contribution in [0.5, 0.6) is 0 Å². The average molecular weight is 308 g/mol. The number of anilines is 1. The molecule has 7 heteroatoms. The molecular formula is C14H20N4O2S. The number of aromatic nitrogens is 3. The fourth-order valence-electron chi connectivity index (χ4n) is 1.88. The van der Waals surface area contributed by atoms with Crippen LogP contribution in [0.4, 0.5) is 5.13 Å². The lowest BCUT2D eigenvalue weighted by Gasteiger charge is -2.15. The van der Waals surface area contributed by atoms with Gasteiger partial charge in [-0.25, -0.2) is 9.97 Å². The van der Waals surface area contributed by atoms with Crippen molar-refractivity contribution in [3.05, 3.63) is 29.3 Å². The van der Waals surface area contributed by atoms with Gasteiger partial charge < -0.3 is 14.2 Å². The van der Waals surface area contributed by atoms with E-state index < -0.39 is 0 Å². The van der Waals surface area contributed by atoms with E-state index in [0.717, 1.165) is 16.6 Å². The van der Waals surface area contributed by atoms with Crippen LogP contribution in [-0.2, 0) is 29.5 Å². The molecule has 114 valence electrons. The lowest BCUT2D eigenvalue weighted by atomic mass is 10.2. The van der Waals surface area contributed by atoms with Crippen molar-refractivity contribution in [2.75, 3.05) is 18.6 Å². The molecule has 0 aromatic carbocycles. The molecule has 0 aliphatic heterocycles. The molecule has 0 saturated carbocycles. The first-order valence-corrected chi connectivity index (χ1v) is 7.75. The number of carbonyl (C=O) groups is 1. The molecule has 0 radical (unpaired) electrons.